The van der Waals surface area contributed by atoms with Crippen molar-refractivity contribution in [3.63, 3.8) is 0 Å². The quantitative estimate of drug-likeness (QED) is 0.355. The maximum Gasteiger partial charge on any atom is 0.437 e. The van der Waals surface area contributed by atoms with Crippen LogP contribution < -0.4 is 10.9 Å². The van der Waals surface area contributed by atoms with Gasteiger partial charge in [0, 0.05) is 12.7 Å². The van der Waals surface area contributed by atoms with Crippen molar-refractivity contribution in [2.75, 3.05) is 6.61 Å². The number of carbonyl (C=O) groups excluding carboxylic acids is 1. The molecule has 3 aromatic heterocycles. The van der Waals surface area contributed by atoms with E-state index in [4.69, 9.17) is 5.11 Å². The number of halogens is 3. The number of aliphatic hydroxyl groups excluding tert-OH is 1. The second-order valence-electron chi connectivity index (χ2n) is 6.60. The summed E-state index contributed by atoms with van der Waals surface area (Å²) in [5.41, 5.74) is -5.26. The van der Waals surface area contributed by atoms with Gasteiger partial charge in [0.25, 0.3) is 11.5 Å². The van der Waals surface area contributed by atoms with Crippen LogP contribution in [0.3, 0.4) is 0 Å². The van der Waals surface area contributed by atoms with Gasteiger partial charge in [-0.1, -0.05) is 6.58 Å². The van der Waals surface area contributed by atoms with Crippen LogP contribution in [0.5, 0.6) is 17.4 Å². The van der Waals surface area contributed by atoms with Crippen molar-refractivity contribution in [2.45, 2.75) is 6.18 Å². The predicted octanol–water partition coefficient (Wildman–Crippen LogP) is 0.399. The molecular weight excluding hydrogens is 453 g/mol. The van der Waals surface area contributed by atoms with Gasteiger partial charge in [0.05, 0.1) is 19.0 Å². The number of hydrogen-bond donors (Lipinski definition) is 5. The van der Waals surface area contributed by atoms with E-state index in [1.807, 2.05) is 0 Å². The minimum Gasteiger partial charge on any atom is -0.504 e. The number of aromatic hydroxyl groups is 3. The number of amides is 1. The third-order valence-corrected chi connectivity index (χ3v) is 4.22. The summed E-state index contributed by atoms with van der Waals surface area (Å²) < 4.78 is 40.9. The van der Waals surface area contributed by atoms with Crippen LogP contribution in [0.4, 0.5) is 13.2 Å². The van der Waals surface area contributed by atoms with E-state index in [-0.39, 0.29) is 11.4 Å². The third-order valence-electron chi connectivity index (χ3n) is 4.22. The number of aliphatic hydroxyl groups is 1. The maximum atomic E-state index is 13.0. The van der Waals surface area contributed by atoms with Crippen molar-refractivity contribution in [3.8, 4) is 34.3 Å². The predicted molar refractivity (Wildman–Crippen MR) is 104 cm³/mol. The van der Waals surface area contributed by atoms with Crippen molar-refractivity contribution in [1.29, 1.82) is 0 Å². The monoisotopic (exact) mass is 468 g/mol. The van der Waals surface area contributed by atoms with E-state index in [0.29, 0.717) is 4.68 Å². The highest BCUT2D eigenvalue weighted by molar-refractivity contribution is 5.96. The van der Waals surface area contributed by atoms with Crippen LogP contribution in [0, 0.1) is 0 Å². The Morgan fingerprint density at radius 3 is 2.45 bits per heavy atom. The molecule has 0 saturated carbocycles. The summed E-state index contributed by atoms with van der Waals surface area (Å²) in [5, 5.41) is 49.0. The number of aromatic nitrogens is 5. The van der Waals surface area contributed by atoms with Crippen LogP contribution in [0.15, 0.2) is 35.5 Å². The maximum absolute atomic E-state index is 13.0. The highest BCUT2D eigenvalue weighted by atomic mass is 19.4. The second kappa shape index (κ2) is 8.27. The normalized spacial score (nSPS) is 11.4. The molecule has 0 fully saturated rings. The van der Waals surface area contributed by atoms with Gasteiger partial charge in [-0.25, -0.2) is 4.98 Å². The Morgan fingerprint density at radius 2 is 1.91 bits per heavy atom. The molecule has 3 heterocycles. The lowest BCUT2D eigenvalue weighted by molar-refractivity contribution is -0.142. The molecule has 0 aliphatic heterocycles. The molecule has 1 amide bonds. The summed E-state index contributed by atoms with van der Waals surface area (Å²) in [6.07, 6.45) is -2.72. The first kappa shape index (κ1) is 23.3. The minimum atomic E-state index is -5.21. The molecule has 33 heavy (non-hydrogen) atoms. The fourth-order valence-corrected chi connectivity index (χ4v) is 2.72. The number of pyridine rings is 1. The number of carbonyl (C=O) groups is 1. The molecule has 0 spiro atoms. The lowest BCUT2D eigenvalue weighted by atomic mass is 10.1. The molecule has 0 atom stereocenters. The van der Waals surface area contributed by atoms with Crippen LogP contribution in [0.2, 0.25) is 0 Å². The zero-order chi connectivity index (χ0) is 24.7. The molecule has 174 valence electrons. The Labute approximate surface area is 181 Å². The Bertz CT molecular complexity index is 1330. The largest absolute Gasteiger partial charge is 0.504 e. The van der Waals surface area contributed by atoms with E-state index in [1.54, 1.807) is 0 Å². The number of nitrogens with one attached hydrogen (secondary N) is 1. The smallest absolute Gasteiger partial charge is 0.437 e. The van der Waals surface area contributed by atoms with Gasteiger partial charge in [-0.3, -0.25) is 14.3 Å². The van der Waals surface area contributed by atoms with Gasteiger partial charge < -0.3 is 25.7 Å². The van der Waals surface area contributed by atoms with Gasteiger partial charge in [0.1, 0.15) is 22.5 Å². The summed E-state index contributed by atoms with van der Waals surface area (Å²) in [7, 11) is 1.51. The number of alkyl halides is 3. The molecule has 0 bridgehead atoms. The lowest BCUT2D eigenvalue weighted by Gasteiger charge is -2.15. The third kappa shape index (κ3) is 4.33. The first-order valence-electron chi connectivity index (χ1n) is 8.81. The Morgan fingerprint density at radius 1 is 1.24 bits per heavy atom. The zero-order valence-electron chi connectivity index (χ0n) is 16.6. The van der Waals surface area contributed by atoms with E-state index in [2.05, 4.69) is 27.1 Å². The highest BCUT2D eigenvalue weighted by Crippen LogP contribution is 2.47. The summed E-state index contributed by atoms with van der Waals surface area (Å²) in [4.78, 5) is 28.3. The van der Waals surface area contributed by atoms with Crippen LogP contribution in [-0.2, 0) is 13.2 Å². The summed E-state index contributed by atoms with van der Waals surface area (Å²) in [6.45, 7) is 2.70. The molecule has 3 rings (SSSR count). The molecule has 0 aliphatic carbocycles. The first-order valence-corrected chi connectivity index (χ1v) is 8.81. The average Bonchev–Trinajstić information content (AvgIpc) is 3.16. The minimum absolute atomic E-state index is 0.0162. The standard InChI is InChI=1S/C18H15F3N6O6/c1-7(6-28)23-15(31)9-3-10(25-27(17(9)33)8-4-22-26(2)5-8)11-12(29)13(30)14(18(19,20)21)24-16(11)32/h3-5,28,30H,1,6H2,2H3,(H,23,31)(H2,24,29,32). The second-order valence-corrected chi connectivity index (χ2v) is 6.60. The highest BCUT2D eigenvalue weighted by Gasteiger charge is 2.39. The number of hydrogen-bond acceptors (Lipinski definition) is 9. The summed E-state index contributed by atoms with van der Waals surface area (Å²) in [6, 6.07) is 0.748. The fourth-order valence-electron chi connectivity index (χ4n) is 2.72. The fraction of sp³-hybridized carbons (Fsp3) is 0.167. The van der Waals surface area contributed by atoms with Crippen molar-refractivity contribution in [1.82, 2.24) is 29.9 Å². The van der Waals surface area contributed by atoms with Crippen molar-refractivity contribution < 1.29 is 38.4 Å². The molecule has 0 unspecified atom stereocenters. The zero-order valence-corrected chi connectivity index (χ0v) is 16.6. The Kier molecular flexibility index (Phi) is 5.83. The number of nitrogens with zero attached hydrogens (tertiary/aromatic N) is 5. The molecule has 5 N–H and O–H groups in total. The van der Waals surface area contributed by atoms with Crippen LogP contribution in [-0.4, -0.2) is 57.5 Å². The lowest BCUT2D eigenvalue weighted by Crippen LogP contribution is -2.34. The van der Waals surface area contributed by atoms with E-state index < -0.39 is 64.1 Å². The molecule has 0 aromatic carbocycles. The van der Waals surface area contributed by atoms with E-state index in [9.17, 15) is 38.1 Å². The van der Waals surface area contributed by atoms with Crippen LogP contribution in [0.1, 0.15) is 16.1 Å². The molecule has 0 saturated heterocycles. The SMILES string of the molecule is C=C(CO)NC(=O)c1cc(-c2c(O)nc(C(F)(F)F)c(O)c2O)nn(-c2cnn(C)c2)c1=O. The molecule has 15 heteroatoms. The number of aryl methyl sites for hydroxylation is 1. The molecule has 0 radical (unpaired) electrons. The van der Waals surface area contributed by atoms with Gasteiger partial charge >= 0.3 is 6.18 Å². The topological polar surface area (TPSA) is 176 Å². The molecular formula is C18H15F3N6O6. The molecule has 12 nitrogen and oxygen atoms in total. The first-order chi connectivity index (χ1) is 15.3. The van der Waals surface area contributed by atoms with Crippen molar-refractivity contribution in [2.24, 2.45) is 7.05 Å². The molecule has 3 aromatic rings. The van der Waals surface area contributed by atoms with Gasteiger partial charge in [0.15, 0.2) is 17.2 Å². The van der Waals surface area contributed by atoms with Gasteiger partial charge in [0.2, 0.25) is 5.88 Å². The van der Waals surface area contributed by atoms with Gasteiger partial charge in [-0.05, 0) is 6.07 Å². The Hall–Kier alpha value is -4.40. The van der Waals surface area contributed by atoms with Crippen LogP contribution >= 0.6 is 0 Å². The summed E-state index contributed by atoms with van der Waals surface area (Å²) in [5.74, 6) is -5.60. The van der Waals surface area contributed by atoms with Crippen LogP contribution in [0.25, 0.3) is 16.9 Å². The Balaban J connectivity index is 2.32. The van der Waals surface area contributed by atoms with E-state index >= 15 is 0 Å². The molecule has 0 aliphatic rings. The van der Waals surface area contributed by atoms with Crippen molar-refractivity contribution >= 4 is 5.91 Å². The average molecular weight is 468 g/mol. The number of rotatable bonds is 5. The van der Waals surface area contributed by atoms with E-state index in [0.717, 1.165) is 6.07 Å². The van der Waals surface area contributed by atoms with Crippen molar-refractivity contribution in [3.05, 3.63) is 52.3 Å². The van der Waals surface area contributed by atoms with Gasteiger partial charge in [-0.2, -0.15) is 28.1 Å². The van der Waals surface area contributed by atoms with E-state index in [1.165, 1.54) is 24.1 Å². The summed E-state index contributed by atoms with van der Waals surface area (Å²) >= 11 is 0. The van der Waals surface area contributed by atoms with Gasteiger partial charge in [-0.15, -0.1) is 0 Å².